The van der Waals surface area contributed by atoms with E-state index >= 15 is 0 Å². The van der Waals surface area contributed by atoms with Gasteiger partial charge in [-0.15, -0.1) is 12.4 Å². The third-order valence-electron chi connectivity index (χ3n) is 3.98. The maximum absolute atomic E-state index is 11.7. The minimum Gasteiger partial charge on any atom is -0.352 e. The molecule has 0 spiro atoms. The van der Waals surface area contributed by atoms with Gasteiger partial charge in [0, 0.05) is 24.7 Å². The van der Waals surface area contributed by atoms with E-state index in [1.54, 1.807) is 0 Å². The van der Waals surface area contributed by atoms with Gasteiger partial charge in [-0.05, 0) is 43.2 Å². The summed E-state index contributed by atoms with van der Waals surface area (Å²) in [5, 5.41) is 2.92. The molecule has 3 N–H and O–H groups in total. The van der Waals surface area contributed by atoms with E-state index in [1.165, 1.54) is 0 Å². The number of hydrogen-bond donors (Lipinski definition) is 2. The van der Waals surface area contributed by atoms with Crippen LogP contribution in [0.4, 0.5) is 0 Å². The predicted molar refractivity (Wildman–Crippen MR) is 103 cm³/mol. The Morgan fingerprint density at radius 1 is 1.20 bits per heavy atom. The zero-order valence-electron chi connectivity index (χ0n) is 14.2. The Kier molecular flexibility index (Phi) is 6.56. The fourth-order valence-corrected chi connectivity index (χ4v) is 2.59. The molecule has 1 unspecified atom stereocenters. The standard InChI is InChI=1S/C19H22N4O.ClH/c1-14(20)6-11-19(24)21-12-15-7-9-16(10-8-15)23-13-22-17-4-2-3-5-18(17)23;/h2-5,7-10,13-14H,6,11-12,20H2,1H3,(H,21,24);1H. The summed E-state index contributed by atoms with van der Waals surface area (Å²) in [5.41, 5.74) is 9.83. The van der Waals surface area contributed by atoms with Crippen LogP contribution in [-0.2, 0) is 11.3 Å². The lowest BCUT2D eigenvalue weighted by Crippen LogP contribution is -2.25. The first-order valence-electron chi connectivity index (χ1n) is 8.17. The van der Waals surface area contributed by atoms with Crippen LogP contribution in [0.2, 0.25) is 0 Å². The molecule has 0 radical (unpaired) electrons. The second-order valence-corrected chi connectivity index (χ2v) is 6.06. The van der Waals surface area contributed by atoms with Crippen LogP contribution in [-0.4, -0.2) is 21.5 Å². The zero-order chi connectivity index (χ0) is 16.9. The lowest BCUT2D eigenvalue weighted by atomic mass is 10.1. The van der Waals surface area contributed by atoms with Crippen LogP contribution in [0.1, 0.15) is 25.3 Å². The first-order valence-corrected chi connectivity index (χ1v) is 8.17. The third-order valence-corrected chi connectivity index (χ3v) is 3.98. The Bertz CT molecular complexity index is 827. The third kappa shape index (κ3) is 4.81. The number of aromatic nitrogens is 2. The molecule has 1 aromatic heterocycles. The van der Waals surface area contributed by atoms with Crippen molar-refractivity contribution in [2.24, 2.45) is 5.73 Å². The van der Waals surface area contributed by atoms with Crippen molar-refractivity contribution in [2.75, 3.05) is 0 Å². The maximum atomic E-state index is 11.7. The molecule has 0 fully saturated rings. The number of imidazole rings is 1. The van der Waals surface area contributed by atoms with Crippen LogP contribution >= 0.6 is 12.4 Å². The number of carbonyl (C=O) groups is 1. The number of nitrogens with one attached hydrogen (secondary N) is 1. The van der Waals surface area contributed by atoms with Gasteiger partial charge in [0.2, 0.25) is 5.91 Å². The number of nitrogens with zero attached hydrogens (tertiary/aromatic N) is 2. The highest BCUT2D eigenvalue weighted by Gasteiger charge is 2.05. The second kappa shape index (κ2) is 8.65. The summed E-state index contributed by atoms with van der Waals surface area (Å²) in [6.07, 6.45) is 3.00. The number of para-hydroxylation sites is 2. The molecule has 3 aromatic rings. The van der Waals surface area contributed by atoms with Crippen molar-refractivity contribution in [3.05, 3.63) is 60.4 Å². The number of fused-ring (bicyclic) bond motifs is 1. The number of amides is 1. The van der Waals surface area contributed by atoms with Crippen LogP contribution in [0, 0.1) is 0 Å². The van der Waals surface area contributed by atoms with Gasteiger partial charge in [0.25, 0.3) is 0 Å². The summed E-state index contributed by atoms with van der Waals surface area (Å²) < 4.78 is 2.06. The average molecular weight is 359 g/mol. The summed E-state index contributed by atoms with van der Waals surface area (Å²) >= 11 is 0. The molecule has 0 bridgehead atoms. The molecule has 5 nitrogen and oxygen atoms in total. The van der Waals surface area contributed by atoms with Crippen LogP contribution < -0.4 is 11.1 Å². The van der Waals surface area contributed by atoms with E-state index in [0.717, 1.165) is 22.3 Å². The summed E-state index contributed by atoms with van der Waals surface area (Å²) in [6.45, 7) is 2.44. The Morgan fingerprint density at radius 2 is 1.92 bits per heavy atom. The lowest BCUT2D eigenvalue weighted by Gasteiger charge is -2.08. The molecule has 0 saturated heterocycles. The van der Waals surface area contributed by atoms with Gasteiger partial charge >= 0.3 is 0 Å². The summed E-state index contributed by atoms with van der Waals surface area (Å²) in [7, 11) is 0. The van der Waals surface area contributed by atoms with Crippen molar-refractivity contribution >= 4 is 29.3 Å². The number of carbonyl (C=O) groups excluding carboxylic acids is 1. The summed E-state index contributed by atoms with van der Waals surface area (Å²) in [4.78, 5) is 16.1. The van der Waals surface area contributed by atoms with Crippen molar-refractivity contribution in [2.45, 2.75) is 32.4 Å². The monoisotopic (exact) mass is 358 g/mol. The molecular formula is C19H23ClN4O. The maximum Gasteiger partial charge on any atom is 0.220 e. The molecule has 1 heterocycles. The van der Waals surface area contributed by atoms with Crippen molar-refractivity contribution in [3.8, 4) is 5.69 Å². The van der Waals surface area contributed by atoms with Crippen LogP contribution in [0.15, 0.2) is 54.9 Å². The molecule has 1 amide bonds. The van der Waals surface area contributed by atoms with E-state index in [1.807, 2.05) is 55.7 Å². The molecule has 2 aromatic carbocycles. The number of halogens is 1. The fraction of sp³-hybridized carbons (Fsp3) is 0.263. The van der Waals surface area contributed by atoms with Gasteiger partial charge in [0.15, 0.2) is 0 Å². The molecule has 0 aliphatic rings. The topological polar surface area (TPSA) is 72.9 Å². The van der Waals surface area contributed by atoms with E-state index in [2.05, 4.69) is 20.9 Å². The van der Waals surface area contributed by atoms with Crippen LogP contribution in [0.25, 0.3) is 16.7 Å². The highest BCUT2D eigenvalue weighted by molar-refractivity contribution is 5.85. The number of hydrogen-bond acceptors (Lipinski definition) is 3. The van der Waals surface area contributed by atoms with E-state index in [9.17, 15) is 4.79 Å². The molecular weight excluding hydrogens is 336 g/mol. The Morgan fingerprint density at radius 3 is 2.64 bits per heavy atom. The van der Waals surface area contributed by atoms with Gasteiger partial charge in [0.05, 0.1) is 11.0 Å². The normalized spacial score (nSPS) is 11.8. The highest BCUT2D eigenvalue weighted by Crippen LogP contribution is 2.18. The molecule has 6 heteroatoms. The molecule has 25 heavy (non-hydrogen) atoms. The van der Waals surface area contributed by atoms with Gasteiger partial charge in [-0.25, -0.2) is 4.98 Å². The average Bonchev–Trinajstić information content (AvgIpc) is 3.02. The zero-order valence-corrected chi connectivity index (χ0v) is 15.0. The molecule has 3 rings (SSSR count). The fourth-order valence-electron chi connectivity index (χ4n) is 2.59. The van der Waals surface area contributed by atoms with E-state index in [-0.39, 0.29) is 24.4 Å². The first kappa shape index (κ1) is 19.0. The van der Waals surface area contributed by atoms with E-state index in [0.29, 0.717) is 19.4 Å². The minimum absolute atomic E-state index is 0. The van der Waals surface area contributed by atoms with Crippen molar-refractivity contribution in [1.82, 2.24) is 14.9 Å². The molecule has 0 aliphatic heterocycles. The summed E-state index contributed by atoms with van der Waals surface area (Å²) in [6, 6.07) is 16.2. The lowest BCUT2D eigenvalue weighted by molar-refractivity contribution is -0.121. The molecule has 0 aliphatic carbocycles. The van der Waals surface area contributed by atoms with Gasteiger partial charge in [-0.2, -0.15) is 0 Å². The minimum atomic E-state index is 0. The number of nitrogens with two attached hydrogens (primary N) is 1. The number of rotatable bonds is 6. The SMILES string of the molecule is CC(N)CCC(=O)NCc1ccc(-n2cnc3ccccc32)cc1.Cl. The Labute approximate surface area is 153 Å². The quantitative estimate of drug-likeness (QED) is 0.710. The van der Waals surface area contributed by atoms with Crippen LogP contribution in [0.5, 0.6) is 0 Å². The highest BCUT2D eigenvalue weighted by atomic mass is 35.5. The summed E-state index contributed by atoms with van der Waals surface area (Å²) in [5.74, 6) is 0.0389. The smallest absolute Gasteiger partial charge is 0.220 e. The second-order valence-electron chi connectivity index (χ2n) is 6.06. The van der Waals surface area contributed by atoms with Crippen molar-refractivity contribution in [3.63, 3.8) is 0 Å². The van der Waals surface area contributed by atoms with Gasteiger partial charge < -0.3 is 11.1 Å². The Balaban J connectivity index is 0.00000225. The molecule has 132 valence electrons. The van der Waals surface area contributed by atoms with Gasteiger partial charge in [-0.3, -0.25) is 9.36 Å². The van der Waals surface area contributed by atoms with E-state index in [4.69, 9.17) is 5.73 Å². The van der Waals surface area contributed by atoms with Gasteiger partial charge in [-0.1, -0.05) is 24.3 Å². The van der Waals surface area contributed by atoms with Gasteiger partial charge in [0.1, 0.15) is 6.33 Å². The first-order chi connectivity index (χ1) is 11.6. The molecule has 1 atom stereocenters. The van der Waals surface area contributed by atoms with Crippen molar-refractivity contribution < 1.29 is 4.79 Å². The Hall–Kier alpha value is -2.37. The van der Waals surface area contributed by atoms with Crippen molar-refractivity contribution in [1.29, 1.82) is 0 Å². The van der Waals surface area contributed by atoms with Crippen LogP contribution in [0.3, 0.4) is 0 Å². The predicted octanol–water partition coefficient (Wildman–Crippen LogP) is 3.19. The number of benzene rings is 2. The largest absolute Gasteiger partial charge is 0.352 e. The molecule has 0 saturated carbocycles. The van der Waals surface area contributed by atoms with E-state index < -0.39 is 0 Å².